The summed E-state index contributed by atoms with van der Waals surface area (Å²) in [5.74, 6) is -0.767. The van der Waals surface area contributed by atoms with Crippen molar-refractivity contribution in [2.75, 3.05) is 11.9 Å². The number of oxime groups is 1. The van der Waals surface area contributed by atoms with Gasteiger partial charge in [-0.2, -0.15) is 0 Å². The van der Waals surface area contributed by atoms with Crippen molar-refractivity contribution in [2.45, 2.75) is 69.4 Å². The summed E-state index contributed by atoms with van der Waals surface area (Å²) in [6.07, 6.45) is 4.19. The third-order valence-electron chi connectivity index (χ3n) is 8.16. The molecule has 3 amide bonds. The quantitative estimate of drug-likeness (QED) is 0.304. The van der Waals surface area contributed by atoms with Crippen LogP contribution in [-0.2, 0) is 19.2 Å². The molecule has 8 nitrogen and oxygen atoms in total. The van der Waals surface area contributed by atoms with Crippen molar-refractivity contribution in [1.29, 1.82) is 0 Å². The zero-order valence-electron chi connectivity index (χ0n) is 24.0. The Balaban J connectivity index is 1.25. The fourth-order valence-corrected chi connectivity index (χ4v) is 5.98. The van der Waals surface area contributed by atoms with Crippen LogP contribution < -0.4 is 11.1 Å². The molecule has 3 N–H and O–H groups in total. The van der Waals surface area contributed by atoms with Crippen LogP contribution in [0.3, 0.4) is 0 Å². The second-order valence-corrected chi connectivity index (χ2v) is 11.3. The van der Waals surface area contributed by atoms with Gasteiger partial charge < -0.3 is 20.8 Å². The molecule has 3 aromatic carbocycles. The van der Waals surface area contributed by atoms with E-state index in [0.717, 1.165) is 36.0 Å². The summed E-state index contributed by atoms with van der Waals surface area (Å²) in [6.45, 7) is 2.36. The number of carbonyl (C=O) groups excluding carboxylic acids is 3. The number of nitrogens with two attached hydrogens (primary N) is 1. The van der Waals surface area contributed by atoms with Crippen LogP contribution in [0.25, 0.3) is 0 Å². The third-order valence-corrected chi connectivity index (χ3v) is 8.16. The predicted octanol–water partition coefficient (Wildman–Crippen LogP) is 5.38. The number of hydrogen-bond acceptors (Lipinski definition) is 5. The SMILES string of the molecule is CCCCCC(=O)N1CC2(CC(c3cccc(NC(=O)CC(c4ccccc4)c4ccccc4)c3)=NO2)C[C@@H]1C(N)=O. The molecule has 5 rings (SSSR count). The van der Waals surface area contributed by atoms with Crippen molar-refractivity contribution < 1.29 is 19.2 Å². The Hall–Kier alpha value is -4.46. The molecule has 2 aliphatic rings. The predicted molar refractivity (Wildman–Crippen MR) is 163 cm³/mol. The lowest BCUT2D eigenvalue weighted by Gasteiger charge is -2.23. The minimum absolute atomic E-state index is 0.0729. The molecule has 218 valence electrons. The highest BCUT2D eigenvalue weighted by atomic mass is 16.7. The number of hydrogen-bond donors (Lipinski definition) is 2. The topological polar surface area (TPSA) is 114 Å². The first-order valence-electron chi connectivity index (χ1n) is 14.7. The third kappa shape index (κ3) is 6.70. The van der Waals surface area contributed by atoms with Crippen LogP contribution >= 0.6 is 0 Å². The largest absolute Gasteiger partial charge is 0.387 e. The van der Waals surface area contributed by atoms with Gasteiger partial charge in [-0.05, 0) is 29.7 Å². The maximum absolute atomic E-state index is 13.3. The Labute approximate surface area is 246 Å². The monoisotopic (exact) mass is 566 g/mol. The molecule has 0 saturated carbocycles. The lowest BCUT2D eigenvalue weighted by Crippen LogP contribution is -2.43. The van der Waals surface area contributed by atoms with Gasteiger partial charge in [0, 0.05) is 42.9 Å². The van der Waals surface area contributed by atoms with Crippen LogP contribution in [0.1, 0.15) is 74.5 Å². The molecule has 0 bridgehead atoms. The lowest BCUT2D eigenvalue weighted by atomic mass is 9.88. The molecule has 2 aliphatic heterocycles. The van der Waals surface area contributed by atoms with E-state index < -0.39 is 17.6 Å². The molecule has 1 unspecified atom stereocenters. The molecule has 8 heteroatoms. The van der Waals surface area contributed by atoms with E-state index in [9.17, 15) is 14.4 Å². The molecule has 3 aromatic rings. The number of anilines is 1. The molecule has 1 fully saturated rings. The zero-order valence-corrected chi connectivity index (χ0v) is 24.0. The van der Waals surface area contributed by atoms with Crippen molar-refractivity contribution in [3.8, 4) is 0 Å². The molecule has 0 aliphatic carbocycles. The number of carbonyl (C=O) groups is 3. The van der Waals surface area contributed by atoms with Gasteiger partial charge in [0.15, 0.2) is 5.60 Å². The second kappa shape index (κ2) is 13.0. The van der Waals surface area contributed by atoms with E-state index in [4.69, 9.17) is 10.6 Å². The number of unbranched alkanes of at least 4 members (excludes halogenated alkanes) is 2. The van der Waals surface area contributed by atoms with Crippen LogP contribution in [0.5, 0.6) is 0 Å². The molecule has 0 aromatic heterocycles. The minimum atomic E-state index is -0.784. The smallest absolute Gasteiger partial charge is 0.240 e. The summed E-state index contributed by atoms with van der Waals surface area (Å²) in [5.41, 5.74) is 9.25. The van der Waals surface area contributed by atoms with Crippen LogP contribution in [0, 0.1) is 0 Å². The van der Waals surface area contributed by atoms with Gasteiger partial charge in [-0.1, -0.05) is 97.7 Å². The van der Waals surface area contributed by atoms with Crippen molar-refractivity contribution >= 4 is 29.1 Å². The fourth-order valence-electron chi connectivity index (χ4n) is 5.98. The highest BCUT2D eigenvalue weighted by molar-refractivity contribution is 6.03. The van der Waals surface area contributed by atoms with Gasteiger partial charge in [-0.25, -0.2) is 0 Å². The van der Waals surface area contributed by atoms with Gasteiger partial charge in [0.2, 0.25) is 17.7 Å². The first kappa shape index (κ1) is 29.0. The lowest BCUT2D eigenvalue weighted by molar-refractivity contribution is -0.137. The van der Waals surface area contributed by atoms with Gasteiger partial charge in [0.05, 0.1) is 12.3 Å². The van der Waals surface area contributed by atoms with E-state index >= 15 is 0 Å². The molecule has 1 saturated heterocycles. The number of primary amides is 1. The highest BCUT2D eigenvalue weighted by Crippen LogP contribution is 2.39. The number of benzene rings is 3. The van der Waals surface area contributed by atoms with Crippen molar-refractivity contribution in [3.05, 3.63) is 102 Å². The van der Waals surface area contributed by atoms with Crippen LogP contribution in [0.15, 0.2) is 90.1 Å². The average Bonchev–Trinajstić information content (AvgIpc) is 3.61. The number of nitrogens with zero attached hydrogens (tertiary/aromatic N) is 2. The number of amides is 3. The average molecular weight is 567 g/mol. The van der Waals surface area contributed by atoms with E-state index in [2.05, 4.69) is 17.4 Å². The number of nitrogens with one attached hydrogen (secondary N) is 1. The van der Waals surface area contributed by atoms with Gasteiger partial charge in [0.25, 0.3) is 0 Å². The Morgan fingerprint density at radius 3 is 2.33 bits per heavy atom. The van der Waals surface area contributed by atoms with Crippen LogP contribution in [0.2, 0.25) is 0 Å². The van der Waals surface area contributed by atoms with Crippen molar-refractivity contribution in [1.82, 2.24) is 4.90 Å². The van der Waals surface area contributed by atoms with Crippen molar-refractivity contribution in [2.24, 2.45) is 10.9 Å². The molecular formula is C34H38N4O4. The van der Waals surface area contributed by atoms with Gasteiger partial charge >= 0.3 is 0 Å². The Kier molecular flexibility index (Phi) is 9.00. The summed E-state index contributed by atoms with van der Waals surface area (Å²) in [7, 11) is 0. The fraction of sp³-hybridized carbons (Fsp3) is 0.353. The zero-order chi connectivity index (χ0) is 29.5. The second-order valence-electron chi connectivity index (χ2n) is 11.3. The van der Waals surface area contributed by atoms with E-state index in [0.29, 0.717) is 37.1 Å². The summed E-state index contributed by atoms with van der Waals surface area (Å²) in [6, 6.07) is 26.9. The summed E-state index contributed by atoms with van der Waals surface area (Å²) >= 11 is 0. The minimum Gasteiger partial charge on any atom is -0.387 e. The summed E-state index contributed by atoms with van der Waals surface area (Å²) in [5, 5.41) is 7.42. The molecule has 2 heterocycles. The standard InChI is InChI=1S/C34H38N4O4/c1-2-3-6-18-32(40)38-23-34(22-30(38)33(35)41)21-29(37-42-34)26-16-11-17-27(19-26)36-31(39)20-28(24-12-7-4-8-13-24)25-14-9-5-10-15-25/h4-5,7-17,19,28,30H,2-3,6,18,20-23H2,1H3,(H2,35,41)(H,36,39)/t30-,34?/m1/s1. The van der Waals surface area contributed by atoms with Gasteiger partial charge in [-0.15, -0.1) is 0 Å². The Morgan fingerprint density at radius 1 is 1.00 bits per heavy atom. The first-order chi connectivity index (χ1) is 20.4. The van der Waals surface area contributed by atoms with Crippen LogP contribution in [-0.4, -0.2) is 46.5 Å². The maximum Gasteiger partial charge on any atom is 0.240 e. The summed E-state index contributed by atoms with van der Waals surface area (Å²) < 4.78 is 0. The molecular weight excluding hydrogens is 528 g/mol. The Morgan fingerprint density at radius 2 is 1.69 bits per heavy atom. The van der Waals surface area contributed by atoms with Crippen molar-refractivity contribution in [3.63, 3.8) is 0 Å². The number of rotatable bonds is 11. The normalized spacial score (nSPS) is 19.5. The van der Waals surface area contributed by atoms with Crippen LogP contribution in [0.4, 0.5) is 5.69 Å². The number of likely N-dealkylation sites (tertiary alicyclic amines) is 1. The van der Waals surface area contributed by atoms with E-state index in [1.165, 1.54) is 0 Å². The summed E-state index contributed by atoms with van der Waals surface area (Å²) in [4.78, 5) is 45.9. The van der Waals surface area contributed by atoms with Gasteiger partial charge in [-0.3, -0.25) is 14.4 Å². The molecule has 2 atom stereocenters. The van der Waals surface area contributed by atoms with E-state index in [1.807, 2.05) is 84.9 Å². The van der Waals surface area contributed by atoms with E-state index in [-0.39, 0.29) is 24.3 Å². The Bertz CT molecular complexity index is 1400. The van der Waals surface area contributed by atoms with Gasteiger partial charge in [0.1, 0.15) is 6.04 Å². The molecule has 1 spiro atoms. The van der Waals surface area contributed by atoms with E-state index in [1.54, 1.807) is 4.90 Å². The first-order valence-corrected chi connectivity index (χ1v) is 14.7. The highest BCUT2D eigenvalue weighted by Gasteiger charge is 2.53. The maximum atomic E-state index is 13.3. The molecule has 0 radical (unpaired) electrons. The molecule has 42 heavy (non-hydrogen) atoms.